The molecule has 21 heavy (non-hydrogen) atoms. The Morgan fingerprint density at radius 2 is 1.95 bits per heavy atom. The maximum absolute atomic E-state index is 9.75. The molecule has 1 N–H and O–H groups in total. The molecule has 0 amide bonds. The third-order valence-corrected chi connectivity index (χ3v) is 4.18. The van der Waals surface area contributed by atoms with Gasteiger partial charge in [-0.05, 0) is 51.7 Å². The Hall–Kier alpha value is -1.35. The molecule has 0 bridgehead atoms. The molecule has 0 fully saturated rings. The summed E-state index contributed by atoms with van der Waals surface area (Å²) >= 11 is 0. The Balaban J connectivity index is 1.88. The van der Waals surface area contributed by atoms with E-state index >= 15 is 0 Å². The highest BCUT2D eigenvalue weighted by molar-refractivity contribution is 5.75. The molecule has 0 aliphatic carbocycles. The molecule has 0 aliphatic heterocycles. The lowest BCUT2D eigenvalue weighted by Crippen LogP contribution is -2.18. The van der Waals surface area contributed by atoms with Crippen molar-refractivity contribution < 1.29 is 5.11 Å². The largest absolute Gasteiger partial charge is 0.390 e. The van der Waals surface area contributed by atoms with E-state index < -0.39 is 5.60 Å². The molecular weight excluding hydrogens is 260 g/mol. The Morgan fingerprint density at radius 1 is 1.24 bits per heavy atom. The zero-order valence-electron chi connectivity index (χ0n) is 13.8. The minimum Gasteiger partial charge on any atom is -0.390 e. The molecule has 1 aromatic carbocycles. The highest BCUT2D eigenvalue weighted by Crippen LogP contribution is 2.21. The Kier molecular flexibility index (Phi) is 5.04. The van der Waals surface area contributed by atoms with Crippen LogP contribution in [0.1, 0.15) is 52.3 Å². The lowest BCUT2D eigenvalue weighted by molar-refractivity contribution is 0.0668. The van der Waals surface area contributed by atoms with Crippen LogP contribution in [0.25, 0.3) is 11.0 Å². The molecule has 116 valence electrons. The molecule has 0 saturated heterocycles. The zero-order chi connectivity index (χ0) is 15.5. The average Bonchev–Trinajstić information content (AvgIpc) is 2.70. The van der Waals surface area contributed by atoms with E-state index in [1.165, 1.54) is 11.9 Å². The van der Waals surface area contributed by atoms with Crippen molar-refractivity contribution in [1.29, 1.82) is 0 Å². The number of fused-ring (bicyclic) bond motifs is 1. The molecule has 0 saturated carbocycles. The van der Waals surface area contributed by atoms with E-state index in [2.05, 4.69) is 41.6 Å². The van der Waals surface area contributed by atoms with E-state index in [1.807, 2.05) is 19.9 Å². The topological polar surface area (TPSA) is 38.0 Å². The number of para-hydroxylation sites is 2. The molecule has 1 unspecified atom stereocenters. The van der Waals surface area contributed by atoms with Crippen LogP contribution in [0.5, 0.6) is 0 Å². The summed E-state index contributed by atoms with van der Waals surface area (Å²) in [7, 11) is 0. The number of nitrogens with zero attached hydrogens (tertiary/aromatic N) is 2. The fourth-order valence-electron chi connectivity index (χ4n) is 2.86. The van der Waals surface area contributed by atoms with Crippen molar-refractivity contribution in [2.75, 3.05) is 0 Å². The maximum Gasteiger partial charge on any atom is 0.106 e. The highest BCUT2D eigenvalue weighted by Gasteiger charge is 2.13. The van der Waals surface area contributed by atoms with Crippen LogP contribution >= 0.6 is 0 Å². The summed E-state index contributed by atoms with van der Waals surface area (Å²) in [4.78, 5) is 4.62. The van der Waals surface area contributed by atoms with Crippen LogP contribution in [-0.4, -0.2) is 20.3 Å². The fraction of sp³-hybridized carbons (Fsp3) is 0.611. The van der Waals surface area contributed by atoms with Gasteiger partial charge in [-0.3, -0.25) is 0 Å². The predicted molar refractivity (Wildman–Crippen MR) is 88.4 cm³/mol. The monoisotopic (exact) mass is 288 g/mol. The van der Waals surface area contributed by atoms with E-state index in [9.17, 15) is 5.11 Å². The van der Waals surface area contributed by atoms with Crippen molar-refractivity contribution in [2.24, 2.45) is 5.92 Å². The van der Waals surface area contributed by atoms with Gasteiger partial charge in [0.05, 0.1) is 16.6 Å². The highest BCUT2D eigenvalue weighted by atomic mass is 16.3. The molecule has 1 aromatic heterocycles. The molecule has 0 spiro atoms. The van der Waals surface area contributed by atoms with Gasteiger partial charge in [0.1, 0.15) is 5.82 Å². The SMILES string of the molecule is Cc1nc2ccccc2n1CCC(C)CCCC(C)(C)O. The van der Waals surface area contributed by atoms with Crippen molar-refractivity contribution in [3.63, 3.8) is 0 Å². The number of hydrogen-bond donors (Lipinski definition) is 1. The summed E-state index contributed by atoms with van der Waals surface area (Å²) in [5.74, 6) is 1.77. The van der Waals surface area contributed by atoms with E-state index in [0.717, 1.165) is 37.1 Å². The van der Waals surface area contributed by atoms with E-state index in [0.29, 0.717) is 5.92 Å². The maximum atomic E-state index is 9.75. The number of hydrogen-bond acceptors (Lipinski definition) is 2. The van der Waals surface area contributed by atoms with Gasteiger partial charge in [-0.1, -0.05) is 31.9 Å². The second-order valence-electron chi connectivity index (χ2n) is 6.90. The summed E-state index contributed by atoms with van der Waals surface area (Å²) < 4.78 is 2.32. The second-order valence-corrected chi connectivity index (χ2v) is 6.90. The van der Waals surface area contributed by atoms with Crippen molar-refractivity contribution >= 4 is 11.0 Å². The fourth-order valence-corrected chi connectivity index (χ4v) is 2.86. The lowest BCUT2D eigenvalue weighted by atomic mass is 9.95. The first-order chi connectivity index (χ1) is 9.87. The molecule has 2 aromatic rings. The van der Waals surface area contributed by atoms with Gasteiger partial charge in [0.2, 0.25) is 0 Å². The molecule has 1 atom stereocenters. The van der Waals surface area contributed by atoms with Crippen molar-refractivity contribution in [1.82, 2.24) is 9.55 Å². The minimum atomic E-state index is -0.531. The number of aromatic nitrogens is 2. The molecule has 0 aliphatic rings. The molecule has 1 heterocycles. The predicted octanol–water partition coefficient (Wildman–Crippen LogP) is 4.31. The standard InChI is InChI=1S/C18H28N2O/c1-14(8-7-12-18(3,4)21)11-13-20-15(2)19-16-9-5-6-10-17(16)20/h5-6,9-10,14,21H,7-8,11-13H2,1-4H3. The lowest BCUT2D eigenvalue weighted by Gasteiger charge is -2.18. The molecule has 2 rings (SSSR count). The third-order valence-electron chi connectivity index (χ3n) is 4.18. The van der Waals surface area contributed by atoms with E-state index in [-0.39, 0.29) is 0 Å². The average molecular weight is 288 g/mol. The molecule has 3 nitrogen and oxygen atoms in total. The van der Waals surface area contributed by atoms with Gasteiger partial charge in [0.25, 0.3) is 0 Å². The van der Waals surface area contributed by atoms with Crippen LogP contribution in [0.3, 0.4) is 0 Å². The second kappa shape index (κ2) is 6.61. The number of rotatable bonds is 7. The Bertz CT molecular complexity index is 580. The summed E-state index contributed by atoms with van der Waals surface area (Å²) in [5, 5.41) is 9.75. The first-order valence-corrected chi connectivity index (χ1v) is 8.01. The van der Waals surface area contributed by atoms with Crippen LogP contribution in [0.4, 0.5) is 0 Å². The Morgan fingerprint density at radius 3 is 2.67 bits per heavy atom. The van der Waals surface area contributed by atoms with Gasteiger partial charge in [-0.2, -0.15) is 0 Å². The van der Waals surface area contributed by atoms with Gasteiger partial charge < -0.3 is 9.67 Å². The molecule has 0 radical (unpaired) electrons. The normalized spacial score (nSPS) is 13.8. The van der Waals surface area contributed by atoms with Gasteiger partial charge in [-0.15, -0.1) is 0 Å². The van der Waals surface area contributed by atoms with Crippen molar-refractivity contribution in [2.45, 2.75) is 65.5 Å². The van der Waals surface area contributed by atoms with Crippen LogP contribution in [0, 0.1) is 12.8 Å². The minimum absolute atomic E-state index is 0.531. The van der Waals surface area contributed by atoms with Crippen LogP contribution in [-0.2, 0) is 6.54 Å². The van der Waals surface area contributed by atoms with Crippen LogP contribution in [0.15, 0.2) is 24.3 Å². The Labute approximate surface area is 128 Å². The number of imidazole rings is 1. The molecular formula is C18H28N2O. The van der Waals surface area contributed by atoms with Crippen molar-refractivity contribution in [3.8, 4) is 0 Å². The summed E-state index contributed by atoms with van der Waals surface area (Å²) in [6, 6.07) is 8.34. The summed E-state index contributed by atoms with van der Waals surface area (Å²) in [6.07, 6.45) is 4.31. The van der Waals surface area contributed by atoms with Gasteiger partial charge >= 0.3 is 0 Å². The number of benzene rings is 1. The third kappa shape index (κ3) is 4.57. The van der Waals surface area contributed by atoms with Gasteiger partial charge in [0.15, 0.2) is 0 Å². The van der Waals surface area contributed by atoms with Crippen LogP contribution < -0.4 is 0 Å². The first kappa shape index (κ1) is 16.0. The smallest absolute Gasteiger partial charge is 0.106 e. The number of aliphatic hydroxyl groups is 1. The van der Waals surface area contributed by atoms with Gasteiger partial charge in [0, 0.05) is 6.54 Å². The first-order valence-electron chi connectivity index (χ1n) is 8.01. The van der Waals surface area contributed by atoms with Gasteiger partial charge in [-0.25, -0.2) is 4.98 Å². The van der Waals surface area contributed by atoms with Crippen molar-refractivity contribution in [3.05, 3.63) is 30.1 Å². The van der Waals surface area contributed by atoms with E-state index in [4.69, 9.17) is 0 Å². The van der Waals surface area contributed by atoms with E-state index in [1.54, 1.807) is 0 Å². The quantitative estimate of drug-likeness (QED) is 0.824. The zero-order valence-corrected chi connectivity index (χ0v) is 13.8. The van der Waals surface area contributed by atoms with Crippen LogP contribution in [0.2, 0.25) is 0 Å². The summed E-state index contributed by atoms with van der Waals surface area (Å²) in [6.45, 7) is 9.19. The number of aryl methyl sites for hydroxylation is 2. The summed E-state index contributed by atoms with van der Waals surface area (Å²) in [5.41, 5.74) is 1.79. The molecule has 3 heteroatoms.